The second-order valence-corrected chi connectivity index (χ2v) is 8.40. The third-order valence-electron chi connectivity index (χ3n) is 5.13. The summed E-state index contributed by atoms with van der Waals surface area (Å²) in [4.78, 5) is 14.4. The molecule has 4 nitrogen and oxygen atoms in total. The lowest BCUT2D eigenvalue weighted by Crippen LogP contribution is -2.30. The minimum absolute atomic E-state index is 0.679. The maximum atomic E-state index is 5.42. The van der Waals surface area contributed by atoms with Gasteiger partial charge in [0.05, 0.1) is 12.0 Å². The van der Waals surface area contributed by atoms with E-state index in [4.69, 9.17) is 9.40 Å². The first-order valence-corrected chi connectivity index (χ1v) is 10.3. The summed E-state index contributed by atoms with van der Waals surface area (Å²) in [6, 6.07) is 17.0. The Morgan fingerprint density at radius 1 is 1.11 bits per heavy atom. The number of thiophene rings is 1. The van der Waals surface area contributed by atoms with Gasteiger partial charge in [-0.3, -0.25) is 4.90 Å². The summed E-state index contributed by atoms with van der Waals surface area (Å²) >= 11 is 1.88. The number of benzene rings is 1. The monoisotopic (exact) mass is 387 g/mol. The fourth-order valence-electron chi connectivity index (χ4n) is 3.59. The molecule has 4 aromatic rings. The highest BCUT2D eigenvalue weighted by atomic mass is 32.1. The van der Waals surface area contributed by atoms with Crippen molar-refractivity contribution in [2.45, 2.75) is 26.4 Å². The molecule has 5 heteroatoms. The van der Waals surface area contributed by atoms with Crippen LogP contribution in [0.3, 0.4) is 0 Å². The van der Waals surface area contributed by atoms with Gasteiger partial charge in [0.25, 0.3) is 0 Å². The summed E-state index contributed by atoms with van der Waals surface area (Å²) in [5.74, 6) is 1.41. The number of hydrogen-bond acceptors (Lipinski definition) is 5. The first-order valence-electron chi connectivity index (χ1n) is 9.51. The van der Waals surface area contributed by atoms with Crippen molar-refractivity contribution in [3.05, 3.63) is 82.7 Å². The zero-order valence-corrected chi connectivity index (χ0v) is 16.6. The van der Waals surface area contributed by atoms with E-state index < -0.39 is 0 Å². The average molecular weight is 388 g/mol. The second kappa shape index (κ2) is 7.34. The van der Waals surface area contributed by atoms with Gasteiger partial charge in [-0.2, -0.15) is 0 Å². The summed E-state index contributed by atoms with van der Waals surface area (Å²) < 4.78 is 5.42. The lowest BCUT2D eigenvalue weighted by molar-refractivity contribution is 0.245. The first kappa shape index (κ1) is 17.3. The number of furan rings is 1. The predicted molar refractivity (Wildman–Crippen MR) is 112 cm³/mol. The van der Waals surface area contributed by atoms with Gasteiger partial charge in [-0.15, -0.1) is 11.3 Å². The maximum Gasteiger partial charge on any atom is 0.195 e. The van der Waals surface area contributed by atoms with Crippen molar-refractivity contribution in [1.82, 2.24) is 14.9 Å². The van der Waals surface area contributed by atoms with Gasteiger partial charge in [-0.05, 0) is 36.8 Å². The minimum atomic E-state index is 0.679. The first-order chi connectivity index (χ1) is 13.7. The van der Waals surface area contributed by atoms with E-state index in [1.54, 1.807) is 6.26 Å². The molecule has 0 atom stereocenters. The topological polar surface area (TPSA) is 42.2 Å². The van der Waals surface area contributed by atoms with E-state index in [0.717, 1.165) is 37.5 Å². The summed E-state index contributed by atoms with van der Waals surface area (Å²) in [5.41, 5.74) is 4.95. The molecule has 0 spiro atoms. The molecule has 0 saturated heterocycles. The SMILES string of the molecule is Cc1ccc(-c2ccc(CN3CCc4nc(-c5ccco5)ncc4C3)s2)cc1. The molecule has 0 radical (unpaired) electrons. The number of rotatable bonds is 4. The van der Waals surface area contributed by atoms with Crippen molar-refractivity contribution in [2.24, 2.45) is 0 Å². The van der Waals surface area contributed by atoms with Crippen LogP contribution in [-0.4, -0.2) is 21.4 Å². The summed E-state index contributed by atoms with van der Waals surface area (Å²) in [6.45, 7) is 5.00. The van der Waals surface area contributed by atoms with Crippen molar-refractivity contribution < 1.29 is 4.42 Å². The van der Waals surface area contributed by atoms with Crippen LogP contribution in [-0.2, 0) is 19.5 Å². The van der Waals surface area contributed by atoms with Crippen molar-refractivity contribution >= 4 is 11.3 Å². The van der Waals surface area contributed by atoms with Gasteiger partial charge in [-0.1, -0.05) is 29.8 Å². The van der Waals surface area contributed by atoms with Crippen LogP contribution in [0.5, 0.6) is 0 Å². The number of aromatic nitrogens is 2. The molecule has 1 aromatic carbocycles. The van der Waals surface area contributed by atoms with Crippen molar-refractivity contribution in [3.63, 3.8) is 0 Å². The third kappa shape index (κ3) is 3.51. The average Bonchev–Trinajstić information content (AvgIpc) is 3.41. The van der Waals surface area contributed by atoms with E-state index in [-0.39, 0.29) is 0 Å². The van der Waals surface area contributed by atoms with Gasteiger partial charge < -0.3 is 4.42 Å². The van der Waals surface area contributed by atoms with Crippen LogP contribution >= 0.6 is 11.3 Å². The molecule has 1 aliphatic heterocycles. The standard InChI is InChI=1S/C23H21N3OS/c1-16-4-6-17(7-5-16)22-9-8-19(28-22)15-26-11-10-20-18(14-26)13-24-23(25-20)21-3-2-12-27-21/h2-9,12-13H,10-11,14-15H2,1H3. The number of hydrogen-bond donors (Lipinski definition) is 0. The molecule has 0 bridgehead atoms. The Bertz CT molecular complexity index is 1080. The summed E-state index contributed by atoms with van der Waals surface area (Å²) in [6.07, 6.45) is 4.56. The van der Waals surface area contributed by atoms with Gasteiger partial charge in [0.1, 0.15) is 0 Å². The van der Waals surface area contributed by atoms with Crippen LogP contribution in [0.2, 0.25) is 0 Å². The molecular formula is C23H21N3OS. The fraction of sp³-hybridized carbons (Fsp3) is 0.217. The summed E-state index contributed by atoms with van der Waals surface area (Å²) in [5, 5.41) is 0. The minimum Gasteiger partial charge on any atom is -0.461 e. The molecule has 0 aliphatic carbocycles. The number of aryl methyl sites for hydroxylation is 1. The van der Waals surface area contributed by atoms with Crippen molar-refractivity contribution in [1.29, 1.82) is 0 Å². The Balaban J connectivity index is 1.29. The normalized spacial score (nSPS) is 14.2. The molecule has 0 saturated carbocycles. The largest absolute Gasteiger partial charge is 0.461 e. The van der Waals surface area contributed by atoms with E-state index in [9.17, 15) is 0 Å². The smallest absolute Gasteiger partial charge is 0.195 e. The molecule has 0 amide bonds. The Morgan fingerprint density at radius 3 is 2.82 bits per heavy atom. The van der Waals surface area contributed by atoms with Crippen LogP contribution in [0.1, 0.15) is 21.7 Å². The fourth-order valence-corrected chi connectivity index (χ4v) is 4.65. The zero-order chi connectivity index (χ0) is 18.9. The van der Waals surface area contributed by atoms with Gasteiger partial charge >= 0.3 is 0 Å². The highest BCUT2D eigenvalue weighted by Gasteiger charge is 2.20. The van der Waals surface area contributed by atoms with Gasteiger partial charge in [0, 0.05) is 47.6 Å². The Morgan fingerprint density at radius 2 is 2.00 bits per heavy atom. The molecule has 140 valence electrons. The van der Waals surface area contributed by atoms with E-state index in [1.807, 2.05) is 29.7 Å². The molecule has 4 heterocycles. The zero-order valence-electron chi connectivity index (χ0n) is 15.8. The third-order valence-corrected chi connectivity index (χ3v) is 6.25. The van der Waals surface area contributed by atoms with E-state index >= 15 is 0 Å². The second-order valence-electron chi connectivity index (χ2n) is 7.24. The van der Waals surface area contributed by atoms with Gasteiger partial charge in [0.2, 0.25) is 0 Å². The molecule has 5 rings (SSSR count). The van der Waals surface area contributed by atoms with Crippen molar-refractivity contribution in [2.75, 3.05) is 6.54 Å². The maximum absolute atomic E-state index is 5.42. The lowest BCUT2D eigenvalue weighted by Gasteiger charge is -2.27. The van der Waals surface area contributed by atoms with Crippen molar-refractivity contribution in [3.8, 4) is 22.0 Å². The Kier molecular flexibility index (Phi) is 4.55. The van der Waals surface area contributed by atoms with Crippen LogP contribution in [0, 0.1) is 6.92 Å². The Labute approximate surface area is 168 Å². The van der Waals surface area contributed by atoms with Crippen LogP contribution in [0.25, 0.3) is 22.0 Å². The highest BCUT2D eigenvalue weighted by Crippen LogP contribution is 2.30. The molecule has 0 N–H and O–H groups in total. The number of fused-ring (bicyclic) bond motifs is 1. The van der Waals surface area contributed by atoms with Crippen LogP contribution in [0.4, 0.5) is 0 Å². The molecule has 28 heavy (non-hydrogen) atoms. The predicted octanol–water partition coefficient (Wildman–Crippen LogP) is 5.33. The highest BCUT2D eigenvalue weighted by molar-refractivity contribution is 7.15. The summed E-state index contributed by atoms with van der Waals surface area (Å²) in [7, 11) is 0. The van der Waals surface area contributed by atoms with Crippen LogP contribution < -0.4 is 0 Å². The van der Waals surface area contributed by atoms with Gasteiger partial charge in [0.15, 0.2) is 11.6 Å². The number of nitrogens with zero attached hydrogens (tertiary/aromatic N) is 3. The van der Waals surface area contributed by atoms with Crippen LogP contribution in [0.15, 0.2) is 65.4 Å². The molecule has 3 aromatic heterocycles. The van der Waals surface area contributed by atoms with E-state index in [0.29, 0.717) is 5.82 Å². The molecule has 0 fully saturated rings. The molecule has 1 aliphatic rings. The molecular weight excluding hydrogens is 366 g/mol. The Hall–Kier alpha value is -2.76. The molecule has 0 unspecified atom stereocenters. The van der Waals surface area contributed by atoms with Gasteiger partial charge in [-0.25, -0.2) is 9.97 Å². The quantitative estimate of drug-likeness (QED) is 0.474. The van der Waals surface area contributed by atoms with E-state index in [2.05, 4.69) is 53.2 Å². The lowest BCUT2D eigenvalue weighted by atomic mass is 10.1. The van der Waals surface area contributed by atoms with E-state index in [1.165, 1.54) is 26.4 Å².